The lowest BCUT2D eigenvalue weighted by molar-refractivity contribution is 0.0817. The summed E-state index contributed by atoms with van der Waals surface area (Å²) in [7, 11) is 0. The Morgan fingerprint density at radius 1 is 1.23 bits per heavy atom. The molecule has 1 N–H and O–H groups in total. The smallest absolute Gasteiger partial charge is 0.410 e. The van der Waals surface area contributed by atoms with Crippen molar-refractivity contribution in [2.75, 3.05) is 13.2 Å². The second-order valence-corrected chi connectivity index (χ2v) is 6.11. The fraction of sp³-hybridized carbons (Fsp3) is 0.714. The monoisotopic (exact) mass is 309 g/mol. The summed E-state index contributed by atoms with van der Waals surface area (Å²) in [4.78, 5) is 25.6. The number of amides is 2. The molecule has 0 unspecified atom stereocenters. The maximum atomic E-state index is 12.0. The molecule has 122 valence electrons. The fourth-order valence-electron chi connectivity index (χ4n) is 2.14. The summed E-state index contributed by atoms with van der Waals surface area (Å²) in [5.74, 6) is 0.939. The average Bonchev–Trinajstić information content (AvgIpc) is 2.86. The molecule has 0 saturated carbocycles. The Kier molecular flexibility index (Phi) is 4.99. The largest absolute Gasteiger partial charge is 0.449 e. The van der Waals surface area contributed by atoms with Gasteiger partial charge in [-0.3, -0.25) is 9.69 Å². The normalized spacial score (nSPS) is 14.2. The molecule has 0 spiro atoms. The van der Waals surface area contributed by atoms with E-state index >= 15 is 0 Å². The molecule has 1 aromatic rings. The van der Waals surface area contributed by atoms with Crippen molar-refractivity contribution in [3.63, 3.8) is 0 Å². The number of hydrogen-bond donors (Lipinski definition) is 1. The van der Waals surface area contributed by atoms with Crippen LogP contribution in [0.15, 0.2) is 0 Å². The minimum atomic E-state index is -0.351. The quantitative estimate of drug-likeness (QED) is 0.897. The van der Waals surface area contributed by atoms with Crippen LogP contribution in [0.25, 0.3) is 0 Å². The summed E-state index contributed by atoms with van der Waals surface area (Å²) in [5, 5.41) is 10.8. The molecule has 8 heteroatoms. The number of fused-ring (bicyclic) bond motifs is 1. The topological polar surface area (TPSA) is 89.3 Å². The van der Waals surface area contributed by atoms with Gasteiger partial charge in [-0.05, 0) is 19.8 Å². The standard InChI is InChI=1S/C14H23N5O3/c1-9(2)8-22-14(21)18-5-6-19-11(7-18)16-17-12(19)13(20)15-10(3)4/h9-10H,5-8H2,1-4H3,(H,15,20). The van der Waals surface area contributed by atoms with E-state index in [2.05, 4.69) is 15.5 Å². The molecule has 1 aliphatic heterocycles. The van der Waals surface area contributed by atoms with Gasteiger partial charge in [0.05, 0.1) is 13.2 Å². The number of nitrogens with one attached hydrogen (secondary N) is 1. The van der Waals surface area contributed by atoms with Gasteiger partial charge in [0.25, 0.3) is 5.91 Å². The van der Waals surface area contributed by atoms with Gasteiger partial charge in [0.2, 0.25) is 5.82 Å². The minimum absolute atomic E-state index is 0.0338. The van der Waals surface area contributed by atoms with Crippen LogP contribution in [0.5, 0.6) is 0 Å². The Balaban J connectivity index is 2.02. The van der Waals surface area contributed by atoms with Crippen LogP contribution < -0.4 is 5.32 Å². The molecule has 0 saturated heterocycles. The maximum absolute atomic E-state index is 12.0. The van der Waals surface area contributed by atoms with Crippen molar-refractivity contribution >= 4 is 12.0 Å². The number of rotatable bonds is 4. The molecule has 22 heavy (non-hydrogen) atoms. The highest BCUT2D eigenvalue weighted by atomic mass is 16.6. The lowest BCUT2D eigenvalue weighted by atomic mass is 10.2. The third-order valence-corrected chi connectivity index (χ3v) is 3.17. The van der Waals surface area contributed by atoms with Crippen LogP contribution >= 0.6 is 0 Å². The zero-order valence-corrected chi connectivity index (χ0v) is 13.5. The summed E-state index contributed by atoms with van der Waals surface area (Å²) in [6, 6.07) is 0.0338. The van der Waals surface area contributed by atoms with Gasteiger partial charge in [0.1, 0.15) is 0 Å². The van der Waals surface area contributed by atoms with E-state index in [1.807, 2.05) is 27.7 Å². The fourth-order valence-corrected chi connectivity index (χ4v) is 2.14. The maximum Gasteiger partial charge on any atom is 0.410 e. The Labute approximate surface area is 129 Å². The van der Waals surface area contributed by atoms with Gasteiger partial charge in [-0.2, -0.15) is 0 Å². The van der Waals surface area contributed by atoms with Gasteiger partial charge in [-0.25, -0.2) is 4.79 Å². The molecular weight excluding hydrogens is 286 g/mol. The van der Waals surface area contributed by atoms with Crippen molar-refractivity contribution < 1.29 is 14.3 Å². The summed E-state index contributed by atoms with van der Waals surface area (Å²) < 4.78 is 6.97. The van der Waals surface area contributed by atoms with Crippen molar-refractivity contribution in [2.24, 2.45) is 5.92 Å². The van der Waals surface area contributed by atoms with Crippen LogP contribution in [0.2, 0.25) is 0 Å². The van der Waals surface area contributed by atoms with E-state index in [-0.39, 0.29) is 18.0 Å². The summed E-state index contributed by atoms with van der Waals surface area (Å²) >= 11 is 0. The lowest BCUT2D eigenvalue weighted by Crippen LogP contribution is -2.40. The molecule has 8 nitrogen and oxygen atoms in total. The zero-order chi connectivity index (χ0) is 16.3. The third-order valence-electron chi connectivity index (χ3n) is 3.17. The number of hydrogen-bond acceptors (Lipinski definition) is 5. The predicted octanol–water partition coefficient (Wildman–Crippen LogP) is 1.02. The van der Waals surface area contributed by atoms with E-state index in [0.717, 1.165) is 0 Å². The minimum Gasteiger partial charge on any atom is -0.449 e. The van der Waals surface area contributed by atoms with Crippen molar-refractivity contribution in [2.45, 2.75) is 46.8 Å². The van der Waals surface area contributed by atoms with Crippen molar-refractivity contribution in [1.82, 2.24) is 25.0 Å². The van der Waals surface area contributed by atoms with Gasteiger partial charge in [-0.15, -0.1) is 10.2 Å². The van der Waals surface area contributed by atoms with E-state index in [1.54, 1.807) is 9.47 Å². The third kappa shape index (κ3) is 3.75. The van der Waals surface area contributed by atoms with Crippen molar-refractivity contribution in [1.29, 1.82) is 0 Å². The SMILES string of the molecule is CC(C)COC(=O)N1CCn2c(nnc2C(=O)NC(C)C)C1. The van der Waals surface area contributed by atoms with Crippen LogP contribution in [-0.4, -0.2) is 50.9 Å². The van der Waals surface area contributed by atoms with Crippen molar-refractivity contribution in [3.8, 4) is 0 Å². The number of carbonyl (C=O) groups is 2. The summed E-state index contributed by atoms with van der Waals surface area (Å²) in [6.07, 6.45) is -0.351. The Morgan fingerprint density at radius 2 is 1.95 bits per heavy atom. The van der Waals surface area contributed by atoms with Crippen LogP contribution in [0.4, 0.5) is 4.79 Å². The molecule has 0 radical (unpaired) electrons. The molecule has 2 rings (SSSR count). The van der Waals surface area contributed by atoms with E-state index < -0.39 is 0 Å². The first-order valence-electron chi connectivity index (χ1n) is 7.53. The molecule has 0 bridgehead atoms. The predicted molar refractivity (Wildman–Crippen MR) is 79.2 cm³/mol. The zero-order valence-electron chi connectivity index (χ0n) is 13.5. The number of ether oxygens (including phenoxy) is 1. The Hall–Kier alpha value is -2.12. The van der Waals surface area contributed by atoms with E-state index in [1.165, 1.54) is 0 Å². The van der Waals surface area contributed by atoms with Crippen LogP contribution in [0.3, 0.4) is 0 Å². The van der Waals surface area contributed by atoms with E-state index in [4.69, 9.17) is 4.74 Å². The molecule has 1 aliphatic rings. The van der Waals surface area contributed by atoms with E-state index in [0.29, 0.717) is 43.8 Å². The van der Waals surface area contributed by atoms with Gasteiger partial charge >= 0.3 is 6.09 Å². The Bertz CT molecular complexity index is 553. The van der Waals surface area contributed by atoms with Gasteiger partial charge in [-0.1, -0.05) is 13.8 Å². The Morgan fingerprint density at radius 3 is 2.59 bits per heavy atom. The molecule has 2 heterocycles. The highest BCUT2D eigenvalue weighted by molar-refractivity contribution is 5.90. The number of carbonyl (C=O) groups excluding carboxylic acids is 2. The molecule has 0 aliphatic carbocycles. The van der Waals surface area contributed by atoms with Crippen LogP contribution in [0.1, 0.15) is 44.1 Å². The highest BCUT2D eigenvalue weighted by Crippen LogP contribution is 2.14. The van der Waals surface area contributed by atoms with Crippen molar-refractivity contribution in [3.05, 3.63) is 11.6 Å². The molecule has 0 aromatic carbocycles. The van der Waals surface area contributed by atoms with Gasteiger partial charge in [0.15, 0.2) is 5.82 Å². The van der Waals surface area contributed by atoms with Gasteiger partial charge in [0, 0.05) is 19.1 Å². The first kappa shape index (κ1) is 16.3. The number of nitrogens with zero attached hydrogens (tertiary/aromatic N) is 4. The molecule has 0 atom stereocenters. The van der Waals surface area contributed by atoms with Crippen LogP contribution in [-0.2, 0) is 17.8 Å². The lowest BCUT2D eigenvalue weighted by Gasteiger charge is -2.27. The average molecular weight is 309 g/mol. The second kappa shape index (κ2) is 6.76. The molecule has 0 fully saturated rings. The molecule has 2 amide bonds. The van der Waals surface area contributed by atoms with E-state index in [9.17, 15) is 9.59 Å². The second-order valence-electron chi connectivity index (χ2n) is 6.11. The summed E-state index contributed by atoms with van der Waals surface area (Å²) in [6.45, 7) is 9.40. The first-order chi connectivity index (χ1) is 10.4. The van der Waals surface area contributed by atoms with Gasteiger partial charge < -0.3 is 14.6 Å². The molecular formula is C14H23N5O3. The summed E-state index contributed by atoms with van der Waals surface area (Å²) in [5.41, 5.74) is 0. The highest BCUT2D eigenvalue weighted by Gasteiger charge is 2.27. The molecule has 1 aromatic heterocycles. The first-order valence-corrected chi connectivity index (χ1v) is 7.53. The number of aromatic nitrogens is 3. The van der Waals surface area contributed by atoms with Crippen LogP contribution in [0, 0.1) is 5.92 Å².